The first-order valence-electron chi connectivity index (χ1n) is 6.84. The third-order valence-corrected chi connectivity index (χ3v) is 3.50. The zero-order chi connectivity index (χ0) is 13.5. The molecule has 1 heterocycles. The van der Waals surface area contributed by atoms with Gasteiger partial charge in [-0.15, -0.1) is 0 Å². The summed E-state index contributed by atoms with van der Waals surface area (Å²) in [7, 11) is 0. The molecule has 0 aliphatic carbocycles. The molecule has 1 saturated heterocycles. The van der Waals surface area contributed by atoms with Crippen LogP contribution in [0.4, 0.5) is 4.79 Å². The van der Waals surface area contributed by atoms with Gasteiger partial charge in [0.2, 0.25) is 0 Å². The van der Waals surface area contributed by atoms with Crippen LogP contribution >= 0.6 is 0 Å². The highest BCUT2D eigenvalue weighted by Crippen LogP contribution is 2.24. The Morgan fingerprint density at radius 2 is 2.22 bits per heavy atom. The number of hydrogen-bond acceptors (Lipinski definition) is 4. The summed E-state index contributed by atoms with van der Waals surface area (Å²) in [5.41, 5.74) is 0. The Bertz CT molecular complexity index is 259. The quantitative estimate of drug-likeness (QED) is 0.774. The fraction of sp³-hybridized carbons (Fsp3) is 0.923. The molecule has 0 aromatic carbocycles. The van der Waals surface area contributed by atoms with Crippen LogP contribution in [0.3, 0.4) is 0 Å². The van der Waals surface area contributed by atoms with E-state index in [1.165, 1.54) is 0 Å². The molecule has 18 heavy (non-hydrogen) atoms. The second kappa shape index (κ2) is 7.59. The first-order valence-corrected chi connectivity index (χ1v) is 6.84. The topological polar surface area (TPSA) is 61.8 Å². The highest BCUT2D eigenvalue weighted by molar-refractivity contribution is 5.67. The molecule has 2 N–H and O–H groups in total. The first-order chi connectivity index (χ1) is 8.58. The van der Waals surface area contributed by atoms with Crippen LogP contribution in [0.2, 0.25) is 0 Å². The predicted molar refractivity (Wildman–Crippen MR) is 70.4 cm³/mol. The standard InChI is InChI=1S/C13H26N2O3/c1-4-18-13(17)15-8-11(10(2)3)7-12(9-15)14-5-6-16/h10-12,14,16H,4-9H2,1-3H3. The van der Waals surface area contributed by atoms with Gasteiger partial charge in [-0.05, 0) is 25.2 Å². The van der Waals surface area contributed by atoms with Crippen LogP contribution in [0.15, 0.2) is 0 Å². The number of nitrogens with one attached hydrogen (secondary N) is 1. The number of carbonyl (C=O) groups excluding carboxylic acids is 1. The Labute approximate surface area is 109 Å². The van der Waals surface area contributed by atoms with Gasteiger partial charge < -0.3 is 20.1 Å². The van der Waals surface area contributed by atoms with E-state index in [4.69, 9.17) is 9.84 Å². The normalized spacial score (nSPS) is 24.4. The summed E-state index contributed by atoms with van der Waals surface area (Å²) in [6, 6.07) is 0.253. The first kappa shape index (κ1) is 15.2. The summed E-state index contributed by atoms with van der Waals surface area (Å²) in [4.78, 5) is 13.6. The predicted octanol–water partition coefficient (Wildman–Crippen LogP) is 1.07. The minimum Gasteiger partial charge on any atom is -0.450 e. The maximum atomic E-state index is 11.8. The van der Waals surface area contributed by atoms with Crippen LogP contribution in [-0.2, 0) is 4.74 Å². The van der Waals surface area contributed by atoms with Crippen molar-refractivity contribution in [2.45, 2.75) is 33.2 Å². The van der Waals surface area contributed by atoms with Crippen LogP contribution in [0.1, 0.15) is 27.2 Å². The van der Waals surface area contributed by atoms with Gasteiger partial charge in [0.15, 0.2) is 0 Å². The second-order valence-electron chi connectivity index (χ2n) is 5.22. The zero-order valence-electron chi connectivity index (χ0n) is 11.7. The number of hydrogen-bond donors (Lipinski definition) is 2. The van der Waals surface area contributed by atoms with E-state index in [1.807, 2.05) is 6.92 Å². The highest BCUT2D eigenvalue weighted by atomic mass is 16.6. The molecule has 106 valence electrons. The third-order valence-electron chi connectivity index (χ3n) is 3.50. The summed E-state index contributed by atoms with van der Waals surface area (Å²) in [6.07, 6.45) is 0.826. The van der Waals surface area contributed by atoms with Gasteiger partial charge in [0.05, 0.1) is 13.2 Å². The van der Waals surface area contributed by atoms with Crippen molar-refractivity contribution >= 4 is 6.09 Å². The van der Waals surface area contributed by atoms with Gasteiger partial charge in [-0.3, -0.25) is 0 Å². The van der Waals surface area contributed by atoms with Crippen LogP contribution in [0, 0.1) is 11.8 Å². The number of piperidine rings is 1. The fourth-order valence-corrected chi connectivity index (χ4v) is 2.40. The van der Waals surface area contributed by atoms with Gasteiger partial charge >= 0.3 is 6.09 Å². The molecule has 0 radical (unpaired) electrons. The van der Waals surface area contributed by atoms with Gasteiger partial charge in [-0.25, -0.2) is 4.79 Å². The monoisotopic (exact) mass is 258 g/mol. The van der Waals surface area contributed by atoms with Crippen molar-refractivity contribution in [3.8, 4) is 0 Å². The largest absolute Gasteiger partial charge is 0.450 e. The van der Waals surface area contributed by atoms with E-state index in [-0.39, 0.29) is 18.7 Å². The molecule has 1 aliphatic heterocycles. The van der Waals surface area contributed by atoms with Crippen molar-refractivity contribution in [3.05, 3.63) is 0 Å². The Balaban J connectivity index is 2.58. The van der Waals surface area contributed by atoms with Crippen molar-refractivity contribution in [2.75, 3.05) is 32.8 Å². The molecule has 0 aromatic rings. The number of likely N-dealkylation sites (tertiary alicyclic amines) is 1. The number of amides is 1. The molecule has 1 amide bonds. The molecule has 1 fully saturated rings. The lowest BCUT2D eigenvalue weighted by atomic mass is 9.85. The lowest BCUT2D eigenvalue weighted by Crippen LogP contribution is -2.52. The summed E-state index contributed by atoms with van der Waals surface area (Å²) in [6.45, 7) is 8.74. The van der Waals surface area contributed by atoms with Crippen LogP contribution < -0.4 is 5.32 Å². The Morgan fingerprint density at radius 1 is 1.50 bits per heavy atom. The van der Waals surface area contributed by atoms with Crippen LogP contribution in [0.5, 0.6) is 0 Å². The van der Waals surface area contributed by atoms with Gasteiger partial charge in [0.25, 0.3) is 0 Å². The summed E-state index contributed by atoms with van der Waals surface area (Å²) in [5.74, 6) is 1.03. The third kappa shape index (κ3) is 4.46. The minimum atomic E-state index is -0.223. The maximum Gasteiger partial charge on any atom is 0.409 e. The SMILES string of the molecule is CCOC(=O)N1CC(NCCO)CC(C(C)C)C1. The maximum absolute atomic E-state index is 11.8. The smallest absolute Gasteiger partial charge is 0.409 e. The van der Waals surface area contributed by atoms with E-state index in [0.717, 1.165) is 13.0 Å². The number of nitrogens with zero attached hydrogens (tertiary/aromatic N) is 1. The molecule has 0 saturated carbocycles. The van der Waals surface area contributed by atoms with Crippen LogP contribution in [-0.4, -0.2) is 55.0 Å². The van der Waals surface area contributed by atoms with Crippen molar-refractivity contribution in [3.63, 3.8) is 0 Å². The van der Waals surface area contributed by atoms with E-state index >= 15 is 0 Å². The molecule has 0 aromatic heterocycles. The van der Waals surface area contributed by atoms with Crippen molar-refractivity contribution < 1.29 is 14.6 Å². The van der Waals surface area contributed by atoms with E-state index in [2.05, 4.69) is 19.2 Å². The molecule has 0 bridgehead atoms. The van der Waals surface area contributed by atoms with Gasteiger partial charge in [-0.2, -0.15) is 0 Å². The average Bonchev–Trinajstić information content (AvgIpc) is 2.36. The van der Waals surface area contributed by atoms with Crippen molar-refractivity contribution in [1.29, 1.82) is 0 Å². The van der Waals surface area contributed by atoms with E-state index in [1.54, 1.807) is 4.90 Å². The van der Waals surface area contributed by atoms with E-state index in [9.17, 15) is 4.79 Å². The molecular weight excluding hydrogens is 232 g/mol. The second-order valence-corrected chi connectivity index (χ2v) is 5.22. The molecule has 0 spiro atoms. The summed E-state index contributed by atoms with van der Waals surface area (Å²) >= 11 is 0. The number of carbonyl (C=O) groups is 1. The Kier molecular flexibility index (Phi) is 6.43. The minimum absolute atomic E-state index is 0.127. The molecule has 2 atom stereocenters. The van der Waals surface area contributed by atoms with Gasteiger partial charge in [0.1, 0.15) is 0 Å². The molecular formula is C13H26N2O3. The zero-order valence-corrected chi connectivity index (χ0v) is 11.7. The Morgan fingerprint density at radius 3 is 2.78 bits per heavy atom. The molecule has 1 aliphatic rings. The highest BCUT2D eigenvalue weighted by Gasteiger charge is 2.31. The lowest BCUT2D eigenvalue weighted by molar-refractivity contribution is 0.0697. The summed E-state index contributed by atoms with van der Waals surface area (Å²) < 4.78 is 5.07. The number of rotatable bonds is 5. The lowest BCUT2D eigenvalue weighted by Gasteiger charge is -2.39. The molecule has 5 heteroatoms. The van der Waals surface area contributed by atoms with Crippen molar-refractivity contribution in [2.24, 2.45) is 11.8 Å². The molecule has 1 rings (SSSR count). The van der Waals surface area contributed by atoms with E-state index < -0.39 is 0 Å². The fourth-order valence-electron chi connectivity index (χ4n) is 2.40. The van der Waals surface area contributed by atoms with Gasteiger partial charge in [-0.1, -0.05) is 13.8 Å². The van der Waals surface area contributed by atoms with E-state index in [0.29, 0.717) is 31.5 Å². The molecule has 2 unspecified atom stereocenters. The van der Waals surface area contributed by atoms with Crippen LogP contribution in [0.25, 0.3) is 0 Å². The number of aliphatic hydroxyl groups is 1. The number of aliphatic hydroxyl groups excluding tert-OH is 1. The number of ether oxygens (including phenoxy) is 1. The van der Waals surface area contributed by atoms with Gasteiger partial charge in [0, 0.05) is 25.7 Å². The van der Waals surface area contributed by atoms with Crippen molar-refractivity contribution in [1.82, 2.24) is 10.2 Å². The molecule has 5 nitrogen and oxygen atoms in total. The Hall–Kier alpha value is -0.810. The summed E-state index contributed by atoms with van der Waals surface area (Å²) in [5, 5.41) is 12.1. The average molecular weight is 258 g/mol.